The lowest BCUT2D eigenvalue weighted by molar-refractivity contribution is 0.273. The van der Waals surface area contributed by atoms with Gasteiger partial charge in [0, 0.05) is 4.87 Å². The molecule has 1 atom stereocenters. The quantitative estimate of drug-likeness (QED) is 0.556. The zero-order valence-electron chi connectivity index (χ0n) is 9.21. The maximum Gasteiger partial charge on any atom is 0.0423 e. The zero-order valence-corrected chi connectivity index (χ0v) is 9.96. The van der Waals surface area contributed by atoms with Crippen LogP contribution in [0.1, 0.15) is 60.3 Å². The van der Waals surface area contributed by atoms with Crippen LogP contribution in [0.5, 0.6) is 0 Å². The topological polar surface area (TPSA) is 0 Å². The van der Waals surface area contributed by atoms with E-state index in [4.69, 9.17) is 11.6 Å². The predicted molar refractivity (Wildman–Crippen MR) is 57.9 cm³/mol. The molecule has 1 unspecified atom stereocenters. The van der Waals surface area contributed by atoms with Crippen molar-refractivity contribution in [1.29, 1.82) is 0 Å². The van der Waals surface area contributed by atoms with Gasteiger partial charge in [-0.3, -0.25) is 0 Å². The molecule has 0 amide bonds. The van der Waals surface area contributed by atoms with E-state index in [0.29, 0.717) is 5.41 Å². The Balaban J connectivity index is 4.04. The van der Waals surface area contributed by atoms with Crippen molar-refractivity contribution < 1.29 is 0 Å². The molecular formula is C11H23Cl. The number of halogens is 1. The van der Waals surface area contributed by atoms with E-state index in [1.165, 1.54) is 12.8 Å². The molecule has 0 bridgehead atoms. The molecule has 0 aliphatic heterocycles. The van der Waals surface area contributed by atoms with Gasteiger partial charge in [0.2, 0.25) is 0 Å². The second-order valence-corrected chi connectivity index (χ2v) is 5.77. The van der Waals surface area contributed by atoms with Gasteiger partial charge in [-0.05, 0) is 25.2 Å². The Hall–Kier alpha value is 0.290. The number of hydrogen-bond acceptors (Lipinski definition) is 0. The summed E-state index contributed by atoms with van der Waals surface area (Å²) in [5.41, 5.74) is 0.395. The smallest absolute Gasteiger partial charge is 0.0423 e. The Kier molecular flexibility index (Phi) is 4.61. The first kappa shape index (κ1) is 12.3. The molecule has 0 saturated heterocycles. The Bertz CT molecular complexity index is 125. The van der Waals surface area contributed by atoms with Gasteiger partial charge in [0.1, 0.15) is 0 Å². The van der Waals surface area contributed by atoms with Gasteiger partial charge in [-0.15, -0.1) is 11.6 Å². The molecule has 0 aromatic heterocycles. The van der Waals surface area contributed by atoms with Crippen LogP contribution in [-0.4, -0.2) is 4.87 Å². The molecule has 0 radical (unpaired) electrons. The SMILES string of the molecule is CCCC(C)(Cl)CC(C)(C)CC. The van der Waals surface area contributed by atoms with Crippen LogP contribution >= 0.6 is 11.6 Å². The summed E-state index contributed by atoms with van der Waals surface area (Å²) < 4.78 is 0. The van der Waals surface area contributed by atoms with Gasteiger partial charge in [0.15, 0.2) is 0 Å². The van der Waals surface area contributed by atoms with Crippen LogP contribution in [-0.2, 0) is 0 Å². The highest BCUT2D eigenvalue weighted by atomic mass is 35.5. The van der Waals surface area contributed by atoms with Gasteiger partial charge in [0.25, 0.3) is 0 Å². The maximum atomic E-state index is 6.40. The number of hydrogen-bond donors (Lipinski definition) is 0. The number of alkyl halides is 1. The fourth-order valence-corrected chi connectivity index (χ4v) is 2.28. The molecule has 0 N–H and O–H groups in total. The lowest BCUT2D eigenvalue weighted by Gasteiger charge is -2.32. The van der Waals surface area contributed by atoms with E-state index in [1.807, 2.05) is 0 Å². The minimum atomic E-state index is 0.00819. The highest BCUT2D eigenvalue weighted by Gasteiger charge is 2.28. The van der Waals surface area contributed by atoms with E-state index in [9.17, 15) is 0 Å². The van der Waals surface area contributed by atoms with Crippen molar-refractivity contribution in [2.75, 3.05) is 0 Å². The van der Waals surface area contributed by atoms with Crippen LogP contribution in [0.15, 0.2) is 0 Å². The van der Waals surface area contributed by atoms with Crippen LogP contribution in [0, 0.1) is 5.41 Å². The Labute approximate surface area is 82.7 Å². The minimum absolute atomic E-state index is 0.00819. The average molecular weight is 191 g/mol. The predicted octanol–water partition coefficient (Wildman–Crippen LogP) is 4.61. The summed E-state index contributed by atoms with van der Waals surface area (Å²) in [5.74, 6) is 0. The minimum Gasteiger partial charge on any atom is -0.120 e. The fraction of sp³-hybridized carbons (Fsp3) is 1.00. The summed E-state index contributed by atoms with van der Waals surface area (Å²) in [6, 6.07) is 0. The molecule has 0 aliphatic rings. The second kappa shape index (κ2) is 4.50. The van der Waals surface area contributed by atoms with Crippen molar-refractivity contribution in [2.24, 2.45) is 5.41 Å². The monoisotopic (exact) mass is 190 g/mol. The summed E-state index contributed by atoms with van der Waals surface area (Å²) in [5, 5.41) is 0. The summed E-state index contributed by atoms with van der Waals surface area (Å²) in [7, 11) is 0. The van der Waals surface area contributed by atoms with Crippen molar-refractivity contribution in [3.05, 3.63) is 0 Å². The first-order valence-electron chi connectivity index (χ1n) is 5.02. The molecule has 0 nitrogen and oxygen atoms in total. The van der Waals surface area contributed by atoms with E-state index in [2.05, 4.69) is 34.6 Å². The van der Waals surface area contributed by atoms with E-state index in [1.54, 1.807) is 0 Å². The normalized spacial score (nSPS) is 17.5. The van der Waals surface area contributed by atoms with Crippen LogP contribution < -0.4 is 0 Å². The molecule has 74 valence electrons. The Morgan fingerprint density at radius 2 is 1.58 bits per heavy atom. The van der Waals surface area contributed by atoms with Crippen molar-refractivity contribution in [3.63, 3.8) is 0 Å². The van der Waals surface area contributed by atoms with Crippen molar-refractivity contribution in [3.8, 4) is 0 Å². The third-order valence-electron chi connectivity index (χ3n) is 2.58. The van der Waals surface area contributed by atoms with Crippen LogP contribution in [0.25, 0.3) is 0 Å². The molecular weight excluding hydrogens is 168 g/mol. The van der Waals surface area contributed by atoms with Gasteiger partial charge in [-0.25, -0.2) is 0 Å². The maximum absolute atomic E-state index is 6.40. The van der Waals surface area contributed by atoms with E-state index >= 15 is 0 Å². The highest BCUT2D eigenvalue weighted by molar-refractivity contribution is 6.23. The summed E-state index contributed by atoms with van der Waals surface area (Å²) in [4.78, 5) is 0.00819. The van der Waals surface area contributed by atoms with Crippen LogP contribution in [0.2, 0.25) is 0 Å². The average Bonchev–Trinajstić information content (AvgIpc) is 1.85. The number of rotatable bonds is 5. The standard InChI is InChI=1S/C11H23Cl/c1-6-8-11(5,12)9-10(3,4)7-2/h6-9H2,1-5H3. The summed E-state index contributed by atoms with van der Waals surface area (Å²) in [6.45, 7) is 11.2. The zero-order chi connectivity index (χ0) is 9.83. The van der Waals surface area contributed by atoms with Gasteiger partial charge in [0.05, 0.1) is 0 Å². The highest BCUT2D eigenvalue weighted by Crippen LogP contribution is 2.37. The molecule has 0 spiro atoms. The van der Waals surface area contributed by atoms with Crippen molar-refractivity contribution in [1.82, 2.24) is 0 Å². The van der Waals surface area contributed by atoms with Crippen LogP contribution in [0.3, 0.4) is 0 Å². The first-order valence-corrected chi connectivity index (χ1v) is 5.40. The first-order chi connectivity index (χ1) is 5.33. The summed E-state index contributed by atoms with van der Waals surface area (Å²) in [6.07, 6.45) is 4.63. The summed E-state index contributed by atoms with van der Waals surface area (Å²) >= 11 is 6.40. The largest absolute Gasteiger partial charge is 0.120 e. The Morgan fingerprint density at radius 1 is 1.08 bits per heavy atom. The van der Waals surface area contributed by atoms with Gasteiger partial charge >= 0.3 is 0 Å². The molecule has 0 aliphatic carbocycles. The lowest BCUT2D eigenvalue weighted by atomic mass is 9.79. The molecule has 1 heteroatoms. The third kappa shape index (κ3) is 5.03. The molecule has 0 saturated carbocycles. The van der Waals surface area contributed by atoms with Crippen molar-refractivity contribution >= 4 is 11.6 Å². The van der Waals surface area contributed by atoms with E-state index < -0.39 is 0 Å². The third-order valence-corrected chi connectivity index (χ3v) is 2.90. The molecule has 0 rings (SSSR count). The van der Waals surface area contributed by atoms with Gasteiger partial charge < -0.3 is 0 Å². The molecule has 0 aromatic rings. The van der Waals surface area contributed by atoms with Crippen LogP contribution in [0.4, 0.5) is 0 Å². The van der Waals surface area contributed by atoms with Gasteiger partial charge in [-0.1, -0.05) is 40.5 Å². The molecule has 0 fully saturated rings. The lowest BCUT2D eigenvalue weighted by Crippen LogP contribution is -2.25. The Morgan fingerprint density at radius 3 is 1.92 bits per heavy atom. The second-order valence-electron chi connectivity index (χ2n) is 4.86. The van der Waals surface area contributed by atoms with Crippen molar-refractivity contribution in [2.45, 2.75) is 65.2 Å². The molecule has 0 aromatic carbocycles. The fourth-order valence-electron chi connectivity index (χ4n) is 1.73. The van der Waals surface area contributed by atoms with E-state index in [0.717, 1.165) is 12.8 Å². The van der Waals surface area contributed by atoms with Gasteiger partial charge in [-0.2, -0.15) is 0 Å². The molecule has 12 heavy (non-hydrogen) atoms. The molecule has 0 heterocycles. The van der Waals surface area contributed by atoms with E-state index in [-0.39, 0.29) is 4.87 Å².